The summed E-state index contributed by atoms with van der Waals surface area (Å²) in [6.45, 7) is 3.45. The molecule has 1 N–H and O–H groups in total. The number of rotatable bonds is 5. The molecular weight excluding hydrogens is 326 g/mol. The van der Waals surface area contributed by atoms with E-state index in [0.717, 1.165) is 5.56 Å². The Hall–Kier alpha value is -2.76. The first-order chi connectivity index (χ1) is 11.8. The van der Waals surface area contributed by atoms with Gasteiger partial charge in [-0.1, -0.05) is 32.9 Å². The third kappa shape index (κ3) is 5.67. The van der Waals surface area contributed by atoms with Crippen LogP contribution in [0.25, 0.3) is 0 Å². The molecule has 0 radical (unpaired) electrons. The Labute approximate surface area is 145 Å². The molecule has 0 heterocycles. The molecule has 0 aliphatic heterocycles. The summed E-state index contributed by atoms with van der Waals surface area (Å²) >= 11 is 0. The molecule has 0 bridgehead atoms. The number of carbonyl (C=O) groups is 1. The van der Waals surface area contributed by atoms with E-state index < -0.39 is 6.61 Å². The molecule has 132 valence electrons. The van der Waals surface area contributed by atoms with E-state index >= 15 is 0 Å². The number of benzene rings is 2. The molecular formula is C19H20F2N2O2. The number of nitrogens with zero attached hydrogens (tertiary/aromatic N) is 1. The number of hydrazone groups is 1. The molecule has 2 aromatic carbocycles. The average Bonchev–Trinajstić information content (AvgIpc) is 2.55. The number of alkyl halides is 2. The Bertz CT molecular complexity index is 734. The van der Waals surface area contributed by atoms with E-state index in [2.05, 4.69) is 36.0 Å². The van der Waals surface area contributed by atoms with Crippen LogP contribution < -0.4 is 10.2 Å². The summed E-state index contributed by atoms with van der Waals surface area (Å²) in [7, 11) is 0. The van der Waals surface area contributed by atoms with Gasteiger partial charge in [-0.25, -0.2) is 5.43 Å². The van der Waals surface area contributed by atoms with Crippen LogP contribution in [0.3, 0.4) is 0 Å². The van der Waals surface area contributed by atoms with Gasteiger partial charge < -0.3 is 4.74 Å². The average molecular weight is 346 g/mol. The summed E-state index contributed by atoms with van der Waals surface area (Å²) in [6, 6.07) is 13.3. The van der Waals surface area contributed by atoms with Crippen molar-refractivity contribution < 1.29 is 18.3 Å². The molecule has 1 amide bonds. The molecule has 4 nitrogen and oxygen atoms in total. The first-order valence-corrected chi connectivity index (χ1v) is 7.74. The Kier molecular flexibility index (Phi) is 5.85. The van der Waals surface area contributed by atoms with Crippen LogP contribution in [0.5, 0.6) is 5.75 Å². The van der Waals surface area contributed by atoms with Crippen molar-refractivity contribution in [2.75, 3.05) is 0 Å². The van der Waals surface area contributed by atoms with Gasteiger partial charge in [0.05, 0.1) is 6.21 Å². The monoisotopic (exact) mass is 346 g/mol. The lowest BCUT2D eigenvalue weighted by atomic mass is 9.87. The molecule has 2 rings (SSSR count). The first kappa shape index (κ1) is 18.6. The van der Waals surface area contributed by atoms with Gasteiger partial charge >= 0.3 is 6.61 Å². The minimum atomic E-state index is -2.86. The maximum atomic E-state index is 12.1. The highest BCUT2D eigenvalue weighted by Gasteiger charge is 2.14. The molecule has 6 heteroatoms. The van der Waals surface area contributed by atoms with Gasteiger partial charge in [-0.3, -0.25) is 4.79 Å². The van der Waals surface area contributed by atoms with Crippen LogP contribution in [0.4, 0.5) is 8.78 Å². The van der Waals surface area contributed by atoms with E-state index in [-0.39, 0.29) is 17.1 Å². The molecule has 0 fully saturated rings. The van der Waals surface area contributed by atoms with Gasteiger partial charge in [-0.15, -0.1) is 0 Å². The van der Waals surface area contributed by atoms with Crippen LogP contribution in [0.1, 0.15) is 42.3 Å². The zero-order chi connectivity index (χ0) is 18.4. The summed E-state index contributed by atoms with van der Waals surface area (Å²) in [4.78, 5) is 12.0. The first-order valence-electron chi connectivity index (χ1n) is 7.74. The smallest absolute Gasteiger partial charge is 0.387 e. The largest absolute Gasteiger partial charge is 0.435 e. The highest BCUT2D eigenvalue weighted by molar-refractivity contribution is 5.94. The molecule has 0 aliphatic rings. The van der Waals surface area contributed by atoms with Gasteiger partial charge in [0.25, 0.3) is 5.91 Å². The second kappa shape index (κ2) is 7.88. The van der Waals surface area contributed by atoms with E-state index in [1.54, 1.807) is 24.3 Å². The van der Waals surface area contributed by atoms with E-state index in [9.17, 15) is 13.6 Å². The number of amides is 1. The van der Waals surface area contributed by atoms with Crippen LogP contribution in [0, 0.1) is 0 Å². The highest BCUT2D eigenvalue weighted by atomic mass is 19.3. The van der Waals surface area contributed by atoms with Crippen molar-refractivity contribution in [1.82, 2.24) is 5.43 Å². The van der Waals surface area contributed by atoms with Crippen LogP contribution in [0.2, 0.25) is 0 Å². The molecule has 0 saturated heterocycles. The van der Waals surface area contributed by atoms with Gasteiger partial charge in [0.1, 0.15) is 5.75 Å². The quantitative estimate of drug-likeness (QED) is 0.646. The maximum absolute atomic E-state index is 12.1. The number of carbonyl (C=O) groups excluding carboxylic acids is 1. The van der Waals surface area contributed by atoms with Crippen LogP contribution >= 0.6 is 0 Å². The molecule has 0 spiro atoms. The molecule has 0 saturated carbocycles. The van der Waals surface area contributed by atoms with Gasteiger partial charge in [0.15, 0.2) is 0 Å². The van der Waals surface area contributed by atoms with Gasteiger partial charge in [0, 0.05) is 5.56 Å². The fourth-order valence-electron chi connectivity index (χ4n) is 2.09. The summed E-state index contributed by atoms with van der Waals surface area (Å²) < 4.78 is 28.4. The number of hydrogen-bond acceptors (Lipinski definition) is 3. The van der Waals surface area contributed by atoms with Crippen molar-refractivity contribution in [2.24, 2.45) is 5.10 Å². The number of hydrogen-bond donors (Lipinski definition) is 1. The van der Waals surface area contributed by atoms with Crippen LogP contribution in [0.15, 0.2) is 53.6 Å². The predicted octanol–water partition coefficient (Wildman–Crippen LogP) is 4.35. The topological polar surface area (TPSA) is 50.7 Å². The zero-order valence-electron chi connectivity index (χ0n) is 14.3. The summed E-state index contributed by atoms with van der Waals surface area (Å²) in [6.07, 6.45) is 1.42. The van der Waals surface area contributed by atoms with Crippen molar-refractivity contribution in [1.29, 1.82) is 0 Å². The molecule has 0 atom stereocenters. The molecule has 2 aromatic rings. The van der Waals surface area contributed by atoms with Crippen LogP contribution in [-0.4, -0.2) is 18.7 Å². The maximum Gasteiger partial charge on any atom is 0.387 e. The van der Waals surface area contributed by atoms with E-state index in [1.165, 1.54) is 18.3 Å². The lowest BCUT2D eigenvalue weighted by Gasteiger charge is -2.18. The minimum Gasteiger partial charge on any atom is -0.435 e. The second-order valence-electron chi connectivity index (χ2n) is 6.47. The summed E-state index contributed by atoms with van der Waals surface area (Å²) in [5.74, 6) is -0.260. The van der Waals surface area contributed by atoms with E-state index in [4.69, 9.17) is 0 Å². The summed E-state index contributed by atoms with van der Waals surface area (Å²) in [5.41, 5.74) is 4.74. The van der Waals surface area contributed by atoms with Crippen molar-refractivity contribution in [2.45, 2.75) is 32.8 Å². The van der Waals surface area contributed by atoms with Crippen molar-refractivity contribution in [3.05, 3.63) is 65.2 Å². The van der Waals surface area contributed by atoms with Crippen LogP contribution in [-0.2, 0) is 5.41 Å². The highest BCUT2D eigenvalue weighted by Crippen LogP contribution is 2.22. The number of nitrogens with one attached hydrogen (secondary N) is 1. The fourth-order valence-corrected chi connectivity index (χ4v) is 2.09. The minimum absolute atomic E-state index is 0.0212. The van der Waals surface area contributed by atoms with Gasteiger partial charge in [-0.2, -0.15) is 13.9 Å². The molecule has 25 heavy (non-hydrogen) atoms. The molecule has 0 aromatic heterocycles. The van der Waals surface area contributed by atoms with Crippen molar-refractivity contribution >= 4 is 12.1 Å². The second-order valence-corrected chi connectivity index (χ2v) is 6.47. The lowest BCUT2D eigenvalue weighted by Crippen LogP contribution is -2.18. The Morgan fingerprint density at radius 2 is 1.68 bits per heavy atom. The third-order valence-electron chi connectivity index (χ3n) is 3.50. The fraction of sp³-hybridized carbons (Fsp3) is 0.263. The number of halogens is 2. The standard InChI is InChI=1S/C19H20F2N2O2/c1-19(2,3)15-8-6-14(7-9-15)17(24)23-22-12-13-4-10-16(11-5-13)25-18(20)21/h4-12,18H,1-3H3,(H,23,24). The molecule has 0 unspecified atom stereocenters. The Balaban J connectivity index is 1.94. The number of ether oxygens (including phenoxy) is 1. The summed E-state index contributed by atoms with van der Waals surface area (Å²) in [5, 5.41) is 3.87. The Morgan fingerprint density at radius 3 is 2.20 bits per heavy atom. The normalized spacial score (nSPS) is 11.8. The van der Waals surface area contributed by atoms with E-state index in [0.29, 0.717) is 11.1 Å². The van der Waals surface area contributed by atoms with Crippen molar-refractivity contribution in [3.63, 3.8) is 0 Å². The Morgan fingerprint density at radius 1 is 1.08 bits per heavy atom. The van der Waals surface area contributed by atoms with Gasteiger partial charge in [-0.05, 0) is 52.9 Å². The lowest BCUT2D eigenvalue weighted by molar-refractivity contribution is -0.0498. The van der Waals surface area contributed by atoms with E-state index in [1.807, 2.05) is 12.1 Å². The van der Waals surface area contributed by atoms with Gasteiger partial charge in [0.2, 0.25) is 0 Å². The van der Waals surface area contributed by atoms with Crippen molar-refractivity contribution in [3.8, 4) is 5.75 Å². The zero-order valence-corrected chi connectivity index (χ0v) is 14.3. The third-order valence-corrected chi connectivity index (χ3v) is 3.50. The molecule has 0 aliphatic carbocycles. The SMILES string of the molecule is CC(C)(C)c1ccc(C(=O)NN=Cc2ccc(OC(F)F)cc2)cc1. The predicted molar refractivity (Wildman–Crippen MR) is 93.3 cm³/mol.